The van der Waals surface area contributed by atoms with Crippen molar-refractivity contribution >= 4 is 29.1 Å². The molecule has 0 aliphatic carbocycles. The predicted octanol–water partition coefficient (Wildman–Crippen LogP) is 3.23. The number of aliphatic hydroxyl groups excluding tert-OH is 2. The molecule has 10 heteroatoms. The van der Waals surface area contributed by atoms with Gasteiger partial charge in [0.25, 0.3) is 0 Å². The minimum absolute atomic E-state index is 0.0819. The molecule has 2 heterocycles. The number of halogens is 3. The van der Waals surface area contributed by atoms with Gasteiger partial charge in [-0.15, -0.1) is 0 Å². The van der Waals surface area contributed by atoms with Crippen LogP contribution in [0.5, 0.6) is 0 Å². The van der Waals surface area contributed by atoms with Crippen molar-refractivity contribution in [2.75, 3.05) is 18.5 Å². The van der Waals surface area contributed by atoms with Crippen LogP contribution in [-0.4, -0.2) is 53.4 Å². The lowest BCUT2D eigenvalue weighted by molar-refractivity contribution is -0.124. The summed E-state index contributed by atoms with van der Waals surface area (Å²) in [5.41, 5.74) is -0.596. The van der Waals surface area contributed by atoms with Crippen LogP contribution in [0.25, 0.3) is 0 Å². The highest BCUT2D eigenvalue weighted by Gasteiger charge is 2.65. The van der Waals surface area contributed by atoms with E-state index in [9.17, 15) is 23.5 Å². The smallest absolute Gasteiger partial charge is 0.237 e. The molecule has 5 N–H and O–H groups in total. The van der Waals surface area contributed by atoms with Gasteiger partial charge in [0, 0.05) is 24.2 Å². The molecule has 0 saturated carbocycles. The fourth-order valence-electron chi connectivity index (χ4n) is 5.70. The van der Waals surface area contributed by atoms with E-state index in [0.29, 0.717) is 23.2 Å². The largest absolute Gasteiger partial charge is 0.394 e. The second kappa shape index (κ2) is 10.3. The summed E-state index contributed by atoms with van der Waals surface area (Å²) < 4.78 is 29.3. The molecule has 2 aliphatic rings. The Morgan fingerprint density at radius 1 is 1.24 bits per heavy atom. The second-order valence-electron chi connectivity index (χ2n) is 11.0. The van der Waals surface area contributed by atoms with Crippen LogP contribution in [0.15, 0.2) is 36.4 Å². The molecule has 1 spiro atoms. The highest BCUT2D eigenvalue weighted by molar-refractivity contribution is 6.31. The van der Waals surface area contributed by atoms with Gasteiger partial charge < -0.3 is 26.2 Å². The van der Waals surface area contributed by atoms with E-state index in [1.54, 1.807) is 6.07 Å². The van der Waals surface area contributed by atoms with Crippen molar-refractivity contribution in [1.82, 2.24) is 10.6 Å². The van der Waals surface area contributed by atoms with E-state index in [0.717, 1.165) is 0 Å². The van der Waals surface area contributed by atoms with Gasteiger partial charge in [-0.05, 0) is 53.6 Å². The van der Waals surface area contributed by atoms with Crippen LogP contribution in [0.1, 0.15) is 50.7 Å². The number of nitrogens with one attached hydrogen (secondary N) is 3. The molecule has 7 nitrogen and oxygen atoms in total. The van der Waals surface area contributed by atoms with E-state index in [1.165, 1.54) is 30.3 Å². The van der Waals surface area contributed by atoms with E-state index in [4.69, 9.17) is 16.7 Å². The van der Waals surface area contributed by atoms with E-state index in [2.05, 4.69) is 16.0 Å². The molecule has 2 aliphatic heterocycles. The highest BCUT2D eigenvalue weighted by atomic mass is 35.5. The van der Waals surface area contributed by atoms with Gasteiger partial charge in [-0.3, -0.25) is 9.59 Å². The number of benzene rings is 2. The van der Waals surface area contributed by atoms with E-state index in [1.807, 2.05) is 20.8 Å². The SMILES string of the molecule is CC(C)(C)C[C@H]1N[C@@H](C(=O)NCC[C@@H](O)CO)[C@H](c2cccc(F)c2)[C@@]12C(=O)Nc1cc(Cl)c(F)cc12. The van der Waals surface area contributed by atoms with Crippen molar-refractivity contribution in [3.63, 3.8) is 0 Å². The van der Waals surface area contributed by atoms with Crippen molar-refractivity contribution in [3.8, 4) is 0 Å². The molecule has 200 valence electrons. The third-order valence-corrected chi connectivity index (χ3v) is 7.47. The van der Waals surface area contributed by atoms with E-state index >= 15 is 0 Å². The van der Waals surface area contributed by atoms with Crippen LogP contribution < -0.4 is 16.0 Å². The van der Waals surface area contributed by atoms with Gasteiger partial charge in [0.15, 0.2) is 0 Å². The first-order chi connectivity index (χ1) is 17.4. The average Bonchev–Trinajstić information content (AvgIpc) is 3.28. The third kappa shape index (κ3) is 5.10. The zero-order chi connectivity index (χ0) is 27.1. The molecule has 0 unspecified atom stereocenters. The van der Waals surface area contributed by atoms with Crippen LogP contribution in [-0.2, 0) is 15.0 Å². The Hall–Kier alpha value is -2.59. The molecule has 1 fully saturated rings. The normalized spacial score (nSPS) is 25.7. The summed E-state index contributed by atoms with van der Waals surface area (Å²) in [6.45, 7) is 5.64. The number of hydrogen-bond donors (Lipinski definition) is 5. The van der Waals surface area contributed by atoms with Gasteiger partial charge in [-0.1, -0.05) is 44.5 Å². The molecule has 4 rings (SSSR count). The Labute approximate surface area is 219 Å². The molecular weight excluding hydrogens is 504 g/mol. The minimum Gasteiger partial charge on any atom is -0.394 e. The number of hydrogen-bond acceptors (Lipinski definition) is 5. The predicted molar refractivity (Wildman–Crippen MR) is 136 cm³/mol. The van der Waals surface area contributed by atoms with Crippen LogP contribution in [0.4, 0.5) is 14.5 Å². The molecule has 5 atom stereocenters. The Morgan fingerprint density at radius 2 is 1.97 bits per heavy atom. The third-order valence-electron chi connectivity index (χ3n) is 7.18. The lowest BCUT2D eigenvalue weighted by Crippen LogP contribution is -2.49. The quantitative estimate of drug-likeness (QED) is 0.374. The maximum Gasteiger partial charge on any atom is 0.237 e. The highest BCUT2D eigenvalue weighted by Crippen LogP contribution is 2.56. The molecule has 0 aromatic heterocycles. The molecule has 2 amide bonds. The number of rotatable bonds is 7. The van der Waals surface area contributed by atoms with Gasteiger partial charge in [-0.25, -0.2) is 8.78 Å². The second-order valence-corrected chi connectivity index (χ2v) is 11.5. The van der Waals surface area contributed by atoms with Gasteiger partial charge in [-0.2, -0.15) is 0 Å². The molecule has 1 saturated heterocycles. The van der Waals surface area contributed by atoms with Crippen LogP contribution in [0.3, 0.4) is 0 Å². The lowest BCUT2D eigenvalue weighted by atomic mass is 9.62. The summed E-state index contributed by atoms with van der Waals surface area (Å²) in [4.78, 5) is 27.5. The fourth-order valence-corrected chi connectivity index (χ4v) is 5.86. The number of fused-ring (bicyclic) bond motifs is 2. The van der Waals surface area contributed by atoms with E-state index in [-0.39, 0.29) is 23.4 Å². The number of aliphatic hydroxyl groups is 2. The van der Waals surface area contributed by atoms with Crippen molar-refractivity contribution < 1.29 is 28.6 Å². The minimum atomic E-state index is -1.44. The first kappa shape index (κ1) is 27.4. The molecule has 0 bridgehead atoms. The van der Waals surface area contributed by atoms with Gasteiger partial charge >= 0.3 is 0 Å². The summed E-state index contributed by atoms with van der Waals surface area (Å²) in [6.07, 6.45) is -0.414. The number of carbonyl (C=O) groups excluding carboxylic acids is 2. The van der Waals surface area contributed by atoms with Crippen molar-refractivity contribution in [2.24, 2.45) is 5.41 Å². The first-order valence-electron chi connectivity index (χ1n) is 12.3. The monoisotopic (exact) mass is 535 g/mol. The lowest BCUT2D eigenvalue weighted by Gasteiger charge is -2.37. The average molecular weight is 536 g/mol. The molecule has 2 aromatic carbocycles. The maximum atomic E-state index is 14.9. The molecular formula is C27H32ClF2N3O4. The summed E-state index contributed by atoms with van der Waals surface area (Å²) in [5, 5.41) is 27.5. The topological polar surface area (TPSA) is 111 Å². The van der Waals surface area contributed by atoms with Crippen LogP contribution in [0, 0.1) is 17.0 Å². The van der Waals surface area contributed by atoms with Gasteiger partial charge in [0.1, 0.15) is 17.0 Å². The number of carbonyl (C=O) groups is 2. The van der Waals surface area contributed by atoms with Crippen molar-refractivity contribution in [2.45, 2.75) is 63.1 Å². The maximum absolute atomic E-state index is 14.9. The standard InChI is InChI=1S/C27H32ClF2N3O4/c1-26(2,3)12-21-27(17-10-19(30)18(28)11-20(17)32-25(27)37)22(14-5-4-6-15(29)9-14)23(33-21)24(36)31-8-7-16(35)13-34/h4-6,9-11,16,21-23,33-35H,7-8,12-13H2,1-3H3,(H,31,36)(H,32,37)/t16-,21-,22+,23-,27+/m1/s1. The van der Waals surface area contributed by atoms with Gasteiger partial charge in [0.2, 0.25) is 11.8 Å². The van der Waals surface area contributed by atoms with Crippen LogP contribution in [0.2, 0.25) is 5.02 Å². The number of anilines is 1. The summed E-state index contributed by atoms with van der Waals surface area (Å²) >= 11 is 6.03. The van der Waals surface area contributed by atoms with Crippen LogP contribution >= 0.6 is 11.6 Å². The fraction of sp³-hybridized carbons (Fsp3) is 0.481. The Balaban J connectivity index is 1.89. The molecule has 2 aromatic rings. The Kier molecular flexibility index (Phi) is 7.63. The zero-order valence-electron chi connectivity index (χ0n) is 20.9. The Bertz CT molecular complexity index is 1200. The van der Waals surface area contributed by atoms with Gasteiger partial charge in [0.05, 0.1) is 23.8 Å². The molecule has 0 radical (unpaired) electrons. The zero-order valence-corrected chi connectivity index (χ0v) is 21.7. The van der Waals surface area contributed by atoms with Crippen molar-refractivity contribution in [1.29, 1.82) is 0 Å². The number of amides is 2. The van der Waals surface area contributed by atoms with E-state index < -0.39 is 59.6 Å². The summed E-state index contributed by atoms with van der Waals surface area (Å²) in [6, 6.07) is 6.75. The summed E-state index contributed by atoms with van der Waals surface area (Å²) in [5.74, 6) is -3.00. The van der Waals surface area contributed by atoms with Crippen molar-refractivity contribution in [3.05, 3.63) is 64.2 Å². The first-order valence-corrected chi connectivity index (χ1v) is 12.7. The Morgan fingerprint density at radius 3 is 2.62 bits per heavy atom. The molecule has 37 heavy (non-hydrogen) atoms. The summed E-state index contributed by atoms with van der Waals surface area (Å²) in [7, 11) is 0.